The molecule has 0 radical (unpaired) electrons. The van der Waals surface area contributed by atoms with Gasteiger partial charge in [-0.3, -0.25) is 14.6 Å². The van der Waals surface area contributed by atoms with E-state index in [0.717, 1.165) is 38.4 Å². The summed E-state index contributed by atoms with van der Waals surface area (Å²) in [4.78, 5) is 30.7. The van der Waals surface area contributed by atoms with Crippen LogP contribution in [0.15, 0.2) is 60.6 Å². The number of amides is 2. The molecule has 7 heteroatoms. The average Bonchev–Trinajstić information content (AvgIpc) is 2.75. The Morgan fingerprint density at radius 2 is 1.89 bits per heavy atom. The molecular weight excluding hydrogens is 356 g/mol. The van der Waals surface area contributed by atoms with Crippen LogP contribution in [-0.2, 0) is 9.53 Å². The molecule has 0 spiro atoms. The van der Waals surface area contributed by atoms with E-state index in [0.29, 0.717) is 12.1 Å². The van der Waals surface area contributed by atoms with Crippen LogP contribution < -0.4 is 15.5 Å². The lowest BCUT2D eigenvalue weighted by molar-refractivity contribution is -0.906. The number of nitrogens with one attached hydrogen (secondary N) is 3. The van der Waals surface area contributed by atoms with Gasteiger partial charge in [-0.25, -0.2) is 0 Å². The van der Waals surface area contributed by atoms with Crippen molar-refractivity contribution in [3.8, 4) is 0 Å². The van der Waals surface area contributed by atoms with Gasteiger partial charge in [-0.1, -0.05) is 24.3 Å². The fourth-order valence-corrected chi connectivity index (χ4v) is 2.93. The van der Waals surface area contributed by atoms with E-state index in [1.54, 1.807) is 48.8 Å². The predicted molar refractivity (Wildman–Crippen MR) is 106 cm³/mol. The van der Waals surface area contributed by atoms with Gasteiger partial charge in [-0.2, -0.15) is 0 Å². The van der Waals surface area contributed by atoms with Crippen molar-refractivity contribution in [2.75, 3.05) is 39.4 Å². The lowest BCUT2D eigenvalue weighted by Gasteiger charge is -2.23. The number of benzene rings is 1. The standard InChI is InChI=1S/C21H24N4O3/c26-20(18-6-2-1-3-7-18)24-19(15-17-5-4-8-22-16-17)21(27)23-9-10-25-11-13-28-14-12-25/h1-8,15-16H,9-14H2,(H,23,27)(H,24,26)/p+1/b19-15-. The van der Waals surface area contributed by atoms with Crippen LogP contribution in [0.3, 0.4) is 0 Å². The van der Waals surface area contributed by atoms with Crippen molar-refractivity contribution in [2.24, 2.45) is 0 Å². The van der Waals surface area contributed by atoms with Crippen LogP contribution in [0, 0.1) is 0 Å². The van der Waals surface area contributed by atoms with Gasteiger partial charge in [-0.05, 0) is 29.8 Å². The van der Waals surface area contributed by atoms with Gasteiger partial charge in [0.05, 0.1) is 26.3 Å². The smallest absolute Gasteiger partial charge is 0.268 e. The third kappa shape index (κ3) is 6.00. The van der Waals surface area contributed by atoms with Gasteiger partial charge in [0, 0.05) is 18.0 Å². The van der Waals surface area contributed by atoms with Gasteiger partial charge < -0.3 is 20.3 Å². The third-order valence-electron chi connectivity index (χ3n) is 4.49. The van der Waals surface area contributed by atoms with E-state index in [-0.39, 0.29) is 17.5 Å². The number of quaternary nitrogens is 1. The molecule has 28 heavy (non-hydrogen) atoms. The van der Waals surface area contributed by atoms with Crippen molar-refractivity contribution in [1.82, 2.24) is 15.6 Å². The first-order chi connectivity index (χ1) is 13.7. The zero-order valence-electron chi connectivity index (χ0n) is 15.7. The molecule has 2 heterocycles. The van der Waals surface area contributed by atoms with Crippen LogP contribution in [0.1, 0.15) is 15.9 Å². The maximum absolute atomic E-state index is 12.7. The minimum Gasteiger partial charge on any atom is -0.370 e. The zero-order chi connectivity index (χ0) is 19.6. The molecular formula is C21H25N4O3+. The normalized spacial score (nSPS) is 15.1. The quantitative estimate of drug-likeness (QED) is 0.584. The number of aromatic nitrogens is 1. The Balaban J connectivity index is 1.65. The maximum atomic E-state index is 12.7. The summed E-state index contributed by atoms with van der Waals surface area (Å²) in [6.07, 6.45) is 4.93. The molecule has 1 aromatic heterocycles. The predicted octanol–water partition coefficient (Wildman–Crippen LogP) is -0.116. The van der Waals surface area contributed by atoms with Crippen LogP contribution in [0.25, 0.3) is 6.08 Å². The molecule has 146 valence electrons. The fourth-order valence-electron chi connectivity index (χ4n) is 2.93. The van der Waals surface area contributed by atoms with Gasteiger partial charge in [-0.15, -0.1) is 0 Å². The topological polar surface area (TPSA) is 84.8 Å². The number of pyridine rings is 1. The Bertz CT molecular complexity index is 803. The molecule has 0 aliphatic carbocycles. The number of hydrogen-bond acceptors (Lipinski definition) is 4. The molecule has 7 nitrogen and oxygen atoms in total. The third-order valence-corrected chi connectivity index (χ3v) is 4.49. The van der Waals surface area contributed by atoms with Gasteiger partial charge in [0.1, 0.15) is 18.8 Å². The van der Waals surface area contributed by atoms with Crippen molar-refractivity contribution < 1.29 is 19.2 Å². The molecule has 2 aromatic rings. The van der Waals surface area contributed by atoms with Crippen LogP contribution >= 0.6 is 0 Å². The lowest BCUT2D eigenvalue weighted by atomic mass is 10.2. The van der Waals surface area contributed by atoms with Crippen molar-refractivity contribution in [3.05, 3.63) is 71.7 Å². The first-order valence-corrected chi connectivity index (χ1v) is 9.40. The Labute approximate surface area is 164 Å². The van der Waals surface area contributed by atoms with Crippen LogP contribution in [0.5, 0.6) is 0 Å². The highest BCUT2D eigenvalue weighted by atomic mass is 16.5. The molecule has 1 fully saturated rings. The Morgan fingerprint density at radius 1 is 1.11 bits per heavy atom. The summed E-state index contributed by atoms with van der Waals surface area (Å²) in [5, 5.41) is 5.63. The molecule has 2 amide bonds. The SMILES string of the molecule is O=C(NCC[NH+]1CCOCC1)/C(=C/c1cccnc1)NC(=O)c1ccccc1. The molecule has 0 atom stereocenters. The molecule has 1 aromatic carbocycles. The average molecular weight is 381 g/mol. The zero-order valence-corrected chi connectivity index (χ0v) is 15.7. The number of rotatable bonds is 7. The van der Waals surface area contributed by atoms with Gasteiger partial charge in [0.2, 0.25) is 0 Å². The number of nitrogens with zero attached hydrogens (tertiary/aromatic N) is 1. The van der Waals surface area contributed by atoms with Gasteiger partial charge >= 0.3 is 0 Å². The molecule has 1 aliphatic heterocycles. The Morgan fingerprint density at radius 3 is 2.61 bits per heavy atom. The monoisotopic (exact) mass is 381 g/mol. The van der Waals surface area contributed by atoms with E-state index < -0.39 is 0 Å². The summed E-state index contributed by atoms with van der Waals surface area (Å²) < 4.78 is 5.35. The summed E-state index contributed by atoms with van der Waals surface area (Å²) in [6, 6.07) is 12.4. The van der Waals surface area contributed by atoms with Gasteiger partial charge in [0.25, 0.3) is 11.8 Å². The van der Waals surface area contributed by atoms with Crippen LogP contribution in [0.2, 0.25) is 0 Å². The number of ether oxygens (including phenoxy) is 1. The van der Waals surface area contributed by atoms with Crippen molar-refractivity contribution in [1.29, 1.82) is 0 Å². The summed E-state index contributed by atoms with van der Waals surface area (Å²) in [5.74, 6) is -0.648. The highest BCUT2D eigenvalue weighted by Gasteiger charge is 2.17. The Kier molecular flexibility index (Phi) is 7.29. The van der Waals surface area contributed by atoms with Crippen molar-refractivity contribution in [2.45, 2.75) is 0 Å². The summed E-state index contributed by atoms with van der Waals surface area (Å²) in [5.41, 5.74) is 1.42. The minimum absolute atomic E-state index is 0.193. The maximum Gasteiger partial charge on any atom is 0.268 e. The highest BCUT2D eigenvalue weighted by molar-refractivity contribution is 6.05. The summed E-state index contributed by atoms with van der Waals surface area (Å²) in [6.45, 7) is 4.74. The number of hydrogen-bond donors (Lipinski definition) is 3. The lowest BCUT2D eigenvalue weighted by Crippen LogP contribution is -3.14. The van der Waals surface area contributed by atoms with E-state index in [4.69, 9.17) is 4.74 Å². The second-order valence-corrected chi connectivity index (χ2v) is 6.53. The van der Waals surface area contributed by atoms with E-state index in [9.17, 15) is 9.59 Å². The molecule has 3 N–H and O–H groups in total. The molecule has 1 aliphatic rings. The van der Waals surface area contributed by atoms with E-state index in [1.165, 1.54) is 4.90 Å². The summed E-state index contributed by atoms with van der Waals surface area (Å²) in [7, 11) is 0. The first-order valence-electron chi connectivity index (χ1n) is 9.40. The van der Waals surface area contributed by atoms with Crippen molar-refractivity contribution in [3.63, 3.8) is 0 Å². The van der Waals surface area contributed by atoms with E-state index in [1.807, 2.05) is 12.1 Å². The minimum atomic E-state index is -0.329. The molecule has 0 unspecified atom stereocenters. The second-order valence-electron chi connectivity index (χ2n) is 6.53. The fraction of sp³-hybridized carbons (Fsp3) is 0.286. The molecule has 3 rings (SSSR count). The van der Waals surface area contributed by atoms with Crippen LogP contribution in [0.4, 0.5) is 0 Å². The second kappa shape index (κ2) is 10.3. The van der Waals surface area contributed by atoms with Gasteiger partial charge in [0.15, 0.2) is 0 Å². The van der Waals surface area contributed by atoms with Crippen molar-refractivity contribution >= 4 is 17.9 Å². The van der Waals surface area contributed by atoms with Crippen LogP contribution in [-0.4, -0.2) is 56.2 Å². The largest absolute Gasteiger partial charge is 0.370 e. The van der Waals surface area contributed by atoms with E-state index >= 15 is 0 Å². The molecule has 1 saturated heterocycles. The summed E-state index contributed by atoms with van der Waals surface area (Å²) >= 11 is 0. The molecule has 0 saturated carbocycles. The Hall–Kier alpha value is -3.03. The van der Waals surface area contributed by atoms with E-state index in [2.05, 4.69) is 15.6 Å². The number of morpholine rings is 1. The number of carbonyl (C=O) groups is 2. The first kappa shape index (κ1) is 19.7. The molecule has 0 bridgehead atoms. The highest BCUT2D eigenvalue weighted by Crippen LogP contribution is 2.06. The number of carbonyl (C=O) groups excluding carboxylic acids is 2.